The molecular formula is C23H25BrN2O. The number of H-pyrrole nitrogens is 1. The molecule has 3 nitrogen and oxygen atoms in total. The topological polar surface area (TPSA) is 36.1 Å². The average Bonchev–Trinajstić information content (AvgIpc) is 3.14. The van der Waals surface area contributed by atoms with Crippen molar-refractivity contribution in [3.63, 3.8) is 0 Å². The van der Waals surface area contributed by atoms with E-state index in [0.29, 0.717) is 18.2 Å². The van der Waals surface area contributed by atoms with E-state index in [4.69, 9.17) is 0 Å². The Balaban J connectivity index is 1.33. The fourth-order valence-corrected chi connectivity index (χ4v) is 4.29. The Morgan fingerprint density at radius 2 is 1.96 bits per heavy atom. The van der Waals surface area contributed by atoms with Crippen LogP contribution in [0.3, 0.4) is 0 Å². The lowest BCUT2D eigenvalue weighted by Crippen LogP contribution is -2.39. The van der Waals surface area contributed by atoms with Gasteiger partial charge in [0.25, 0.3) is 0 Å². The lowest BCUT2D eigenvalue weighted by atomic mass is 9.94. The number of halogens is 1. The summed E-state index contributed by atoms with van der Waals surface area (Å²) in [5.74, 6) is 0.717. The van der Waals surface area contributed by atoms with Gasteiger partial charge in [0.2, 0.25) is 5.91 Å². The van der Waals surface area contributed by atoms with Crippen LogP contribution >= 0.6 is 15.9 Å². The first-order chi connectivity index (χ1) is 13.2. The van der Waals surface area contributed by atoms with Gasteiger partial charge in [0.05, 0.1) is 0 Å². The van der Waals surface area contributed by atoms with Crippen LogP contribution in [0, 0.1) is 0 Å². The van der Waals surface area contributed by atoms with Crippen LogP contribution in [0.2, 0.25) is 0 Å². The van der Waals surface area contributed by atoms with Gasteiger partial charge in [0, 0.05) is 41.1 Å². The van der Waals surface area contributed by atoms with Gasteiger partial charge in [-0.25, -0.2) is 0 Å². The molecule has 4 rings (SSSR count). The Labute approximate surface area is 168 Å². The molecule has 1 aromatic heterocycles. The molecule has 1 amide bonds. The summed E-state index contributed by atoms with van der Waals surface area (Å²) in [6.45, 7) is 1.73. The van der Waals surface area contributed by atoms with E-state index in [-0.39, 0.29) is 0 Å². The molecule has 27 heavy (non-hydrogen) atoms. The van der Waals surface area contributed by atoms with Gasteiger partial charge in [-0.1, -0.05) is 46.3 Å². The lowest BCUT2D eigenvalue weighted by Gasteiger charge is -2.32. The second-order valence-electron chi connectivity index (χ2n) is 7.47. The van der Waals surface area contributed by atoms with Gasteiger partial charge in [-0.2, -0.15) is 0 Å². The molecule has 1 atom stereocenters. The van der Waals surface area contributed by atoms with Crippen molar-refractivity contribution < 1.29 is 4.79 Å². The Bertz CT molecular complexity index is 883. The first-order valence-corrected chi connectivity index (χ1v) is 10.6. The summed E-state index contributed by atoms with van der Waals surface area (Å²) in [6.07, 6.45) is 4.73. The zero-order chi connectivity index (χ0) is 18.6. The lowest BCUT2D eigenvalue weighted by molar-refractivity contribution is -0.132. The molecule has 2 heterocycles. The third kappa shape index (κ3) is 4.44. The third-order valence-corrected chi connectivity index (χ3v) is 6.06. The van der Waals surface area contributed by atoms with E-state index in [1.165, 1.54) is 22.2 Å². The number of hydrogen-bond acceptors (Lipinski definition) is 1. The molecular weight excluding hydrogens is 400 g/mol. The first kappa shape index (κ1) is 18.3. The number of carbonyl (C=O) groups is 1. The molecule has 1 saturated heterocycles. The zero-order valence-electron chi connectivity index (χ0n) is 15.5. The van der Waals surface area contributed by atoms with Gasteiger partial charge >= 0.3 is 0 Å². The van der Waals surface area contributed by atoms with Crippen molar-refractivity contribution in [2.45, 2.75) is 38.0 Å². The van der Waals surface area contributed by atoms with Gasteiger partial charge in [0.15, 0.2) is 0 Å². The van der Waals surface area contributed by atoms with Gasteiger partial charge in [-0.05, 0) is 60.9 Å². The molecule has 0 aliphatic carbocycles. The maximum absolute atomic E-state index is 12.7. The number of nitrogens with one attached hydrogen (secondary N) is 1. The fourth-order valence-electron chi connectivity index (χ4n) is 4.03. The molecule has 0 saturated carbocycles. The quantitative estimate of drug-likeness (QED) is 0.563. The highest BCUT2D eigenvalue weighted by molar-refractivity contribution is 9.10. The summed E-state index contributed by atoms with van der Waals surface area (Å²) < 4.78 is 1.10. The number of likely N-dealkylation sites (tertiary alicyclic amines) is 1. The molecule has 4 heteroatoms. The van der Waals surface area contributed by atoms with Crippen molar-refractivity contribution in [3.05, 3.63) is 70.3 Å². The number of piperidine rings is 1. The van der Waals surface area contributed by atoms with E-state index < -0.39 is 0 Å². The monoisotopic (exact) mass is 424 g/mol. The predicted octanol–water partition coefficient (Wildman–Crippen LogP) is 5.66. The summed E-state index contributed by atoms with van der Waals surface area (Å²) in [7, 11) is 0. The van der Waals surface area contributed by atoms with Crippen LogP contribution in [0.4, 0.5) is 0 Å². The van der Waals surface area contributed by atoms with Crippen LogP contribution in [-0.4, -0.2) is 28.9 Å². The Morgan fingerprint density at radius 1 is 1.15 bits per heavy atom. The summed E-state index contributed by atoms with van der Waals surface area (Å²) >= 11 is 3.46. The molecule has 0 spiro atoms. The van der Waals surface area contributed by atoms with Crippen molar-refractivity contribution in [1.82, 2.24) is 9.88 Å². The Morgan fingerprint density at radius 3 is 2.78 bits per heavy atom. The molecule has 1 unspecified atom stereocenters. The van der Waals surface area contributed by atoms with E-state index in [2.05, 4.69) is 80.4 Å². The van der Waals surface area contributed by atoms with E-state index in [0.717, 1.165) is 43.2 Å². The number of carbonyl (C=O) groups excluding carboxylic acids is 1. The summed E-state index contributed by atoms with van der Waals surface area (Å²) in [4.78, 5) is 18.3. The Hall–Kier alpha value is -2.07. The third-order valence-electron chi connectivity index (χ3n) is 5.53. The van der Waals surface area contributed by atoms with Crippen LogP contribution in [0.25, 0.3) is 10.9 Å². The van der Waals surface area contributed by atoms with Crippen molar-refractivity contribution in [1.29, 1.82) is 0 Å². The molecule has 0 radical (unpaired) electrons. The minimum Gasteiger partial charge on any atom is -0.358 e. The van der Waals surface area contributed by atoms with E-state index in [1.54, 1.807) is 0 Å². The predicted molar refractivity (Wildman–Crippen MR) is 114 cm³/mol. The van der Waals surface area contributed by atoms with Gasteiger partial charge in [-0.15, -0.1) is 0 Å². The van der Waals surface area contributed by atoms with Gasteiger partial charge in [-0.3, -0.25) is 4.79 Å². The molecule has 3 aromatic rings. The fraction of sp³-hybridized carbons (Fsp3) is 0.348. The first-order valence-electron chi connectivity index (χ1n) is 9.79. The van der Waals surface area contributed by atoms with Crippen LogP contribution in [0.15, 0.2) is 59.1 Å². The van der Waals surface area contributed by atoms with Gasteiger partial charge in [0.1, 0.15) is 0 Å². The number of para-hydroxylation sites is 1. The maximum Gasteiger partial charge on any atom is 0.222 e. The smallest absolute Gasteiger partial charge is 0.222 e. The number of aryl methyl sites for hydroxylation is 1. The van der Waals surface area contributed by atoms with Crippen LogP contribution in [0.5, 0.6) is 0 Å². The van der Waals surface area contributed by atoms with Crippen LogP contribution < -0.4 is 0 Å². The van der Waals surface area contributed by atoms with E-state index >= 15 is 0 Å². The maximum atomic E-state index is 12.7. The molecule has 1 fully saturated rings. The zero-order valence-corrected chi connectivity index (χ0v) is 17.0. The second kappa shape index (κ2) is 8.30. The summed E-state index contributed by atoms with van der Waals surface area (Å²) in [5.41, 5.74) is 3.75. The molecule has 0 bridgehead atoms. The van der Waals surface area contributed by atoms with Crippen molar-refractivity contribution >= 4 is 32.7 Å². The van der Waals surface area contributed by atoms with Crippen molar-refractivity contribution in [3.8, 4) is 0 Å². The highest BCUT2D eigenvalue weighted by Gasteiger charge is 2.25. The largest absolute Gasteiger partial charge is 0.358 e. The van der Waals surface area contributed by atoms with Gasteiger partial charge < -0.3 is 9.88 Å². The number of fused-ring (bicyclic) bond motifs is 1. The Kier molecular flexibility index (Phi) is 5.63. The molecule has 2 aromatic carbocycles. The number of benzene rings is 2. The second-order valence-corrected chi connectivity index (χ2v) is 8.39. The average molecular weight is 425 g/mol. The molecule has 1 aliphatic rings. The standard InChI is InChI=1S/C23H25BrN2O/c24-20-12-10-17(11-13-20)5-3-9-23(27)26-14-4-7-19(16-26)22-15-18-6-1-2-8-21(18)25-22/h1-2,6,8,10-13,15,19,25H,3-5,7,9,14,16H2. The summed E-state index contributed by atoms with van der Waals surface area (Å²) in [5, 5.41) is 1.26. The number of rotatable bonds is 5. The van der Waals surface area contributed by atoms with E-state index in [9.17, 15) is 4.79 Å². The minimum atomic E-state index is 0.299. The van der Waals surface area contributed by atoms with Crippen LogP contribution in [-0.2, 0) is 11.2 Å². The normalized spacial score (nSPS) is 17.4. The SMILES string of the molecule is O=C(CCCc1ccc(Br)cc1)N1CCCC(c2cc3ccccc3[nH]2)C1. The van der Waals surface area contributed by atoms with Crippen LogP contribution in [0.1, 0.15) is 42.9 Å². The summed E-state index contributed by atoms with van der Waals surface area (Å²) in [6, 6.07) is 19.0. The highest BCUT2D eigenvalue weighted by atomic mass is 79.9. The number of aromatic nitrogens is 1. The van der Waals surface area contributed by atoms with Crippen molar-refractivity contribution in [2.75, 3.05) is 13.1 Å². The van der Waals surface area contributed by atoms with E-state index in [1.807, 2.05) is 0 Å². The molecule has 1 aliphatic heterocycles. The molecule has 1 N–H and O–H groups in total. The number of amides is 1. The molecule has 140 valence electrons. The number of aromatic amines is 1. The minimum absolute atomic E-state index is 0.299. The number of nitrogens with zero attached hydrogens (tertiary/aromatic N) is 1. The van der Waals surface area contributed by atoms with Crippen molar-refractivity contribution in [2.24, 2.45) is 0 Å². The highest BCUT2D eigenvalue weighted by Crippen LogP contribution is 2.29. The number of hydrogen-bond donors (Lipinski definition) is 1.